The lowest BCUT2D eigenvalue weighted by Gasteiger charge is -2.33. The monoisotopic (exact) mass is 401 g/mol. The fourth-order valence-electron chi connectivity index (χ4n) is 3.19. The molecule has 1 aliphatic heterocycles. The number of methoxy groups -OCH3 is 1. The largest absolute Gasteiger partial charge is 0.497 e. The molecule has 3 rings (SSSR count). The number of ether oxygens (including phenoxy) is 1. The predicted octanol–water partition coefficient (Wildman–Crippen LogP) is -0.273. The molecule has 0 atom stereocenters. The van der Waals surface area contributed by atoms with Gasteiger partial charge in [0, 0.05) is 39.6 Å². The number of hydrogen-bond acceptors (Lipinski definition) is 6. The van der Waals surface area contributed by atoms with Crippen LogP contribution in [0.4, 0.5) is 0 Å². The third-order valence-corrected chi connectivity index (χ3v) is 4.91. The summed E-state index contributed by atoms with van der Waals surface area (Å²) in [5.41, 5.74) is -1.26. The maximum absolute atomic E-state index is 13.0. The van der Waals surface area contributed by atoms with Crippen molar-refractivity contribution in [2.75, 3.05) is 33.3 Å². The molecular formula is C19H23N5O5. The lowest BCUT2D eigenvalue weighted by Crippen LogP contribution is -2.52. The quantitative estimate of drug-likeness (QED) is 0.698. The molecule has 0 radical (unpaired) electrons. The Morgan fingerprint density at radius 1 is 1.03 bits per heavy atom. The summed E-state index contributed by atoms with van der Waals surface area (Å²) >= 11 is 0. The van der Waals surface area contributed by atoms with E-state index >= 15 is 0 Å². The van der Waals surface area contributed by atoms with Crippen LogP contribution in [0.3, 0.4) is 0 Å². The number of hydrogen-bond donors (Lipinski definition) is 0. The molecule has 10 heteroatoms. The standard InChI is InChI=1S/C19H23N5O5/c1-4-23-18(27)16(17(26)22-11-9-21(10-12-22)13(2)25)20-24(19(23)28)14-5-7-15(29-3)8-6-14/h5-8H,4,9-12H2,1-3H3. The molecular weight excluding hydrogens is 378 g/mol. The smallest absolute Gasteiger partial charge is 0.352 e. The zero-order valence-corrected chi connectivity index (χ0v) is 16.6. The van der Waals surface area contributed by atoms with Crippen molar-refractivity contribution < 1.29 is 14.3 Å². The molecule has 154 valence electrons. The van der Waals surface area contributed by atoms with Gasteiger partial charge in [-0.3, -0.25) is 19.0 Å². The Kier molecular flexibility index (Phi) is 5.81. The lowest BCUT2D eigenvalue weighted by molar-refractivity contribution is -0.130. The average Bonchev–Trinajstić information content (AvgIpc) is 2.74. The summed E-state index contributed by atoms with van der Waals surface area (Å²) in [5, 5.41) is 4.09. The van der Waals surface area contributed by atoms with E-state index in [0.717, 1.165) is 9.25 Å². The summed E-state index contributed by atoms with van der Waals surface area (Å²) in [7, 11) is 1.53. The number of piperazine rings is 1. The van der Waals surface area contributed by atoms with Gasteiger partial charge in [-0.25, -0.2) is 4.79 Å². The van der Waals surface area contributed by atoms with E-state index in [0.29, 0.717) is 37.6 Å². The van der Waals surface area contributed by atoms with Crippen molar-refractivity contribution in [2.24, 2.45) is 0 Å². The summed E-state index contributed by atoms with van der Waals surface area (Å²) in [6.07, 6.45) is 0. The highest BCUT2D eigenvalue weighted by molar-refractivity contribution is 5.92. The highest BCUT2D eigenvalue weighted by atomic mass is 16.5. The average molecular weight is 401 g/mol. The zero-order chi connectivity index (χ0) is 21.1. The molecule has 1 aromatic heterocycles. The molecule has 29 heavy (non-hydrogen) atoms. The van der Waals surface area contributed by atoms with E-state index < -0.39 is 17.2 Å². The number of nitrogens with zero attached hydrogens (tertiary/aromatic N) is 5. The zero-order valence-electron chi connectivity index (χ0n) is 16.6. The van der Waals surface area contributed by atoms with Crippen LogP contribution in [-0.4, -0.2) is 69.3 Å². The second kappa shape index (κ2) is 8.29. The van der Waals surface area contributed by atoms with Crippen molar-refractivity contribution in [2.45, 2.75) is 20.4 Å². The Morgan fingerprint density at radius 3 is 2.14 bits per heavy atom. The first-order chi connectivity index (χ1) is 13.9. The van der Waals surface area contributed by atoms with Crippen molar-refractivity contribution >= 4 is 11.8 Å². The van der Waals surface area contributed by atoms with Crippen molar-refractivity contribution in [3.05, 3.63) is 50.8 Å². The van der Waals surface area contributed by atoms with Crippen LogP contribution in [0, 0.1) is 0 Å². The fourth-order valence-corrected chi connectivity index (χ4v) is 3.19. The molecule has 0 aliphatic carbocycles. The molecule has 1 aromatic carbocycles. The van der Waals surface area contributed by atoms with E-state index in [1.807, 2.05) is 0 Å². The Bertz CT molecular complexity index is 1030. The molecule has 0 unspecified atom stereocenters. The predicted molar refractivity (Wildman–Crippen MR) is 104 cm³/mol. The Balaban J connectivity index is 2.00. The first-order valence-electron chi connectivity index (χ1n) is 9.30. The van der Waals surface area contributed by atoms with Gasteiger partial charge in [0.1, 0.15) is 5.75 Å². The number of amides is 2. The highest BCUT2D eigenvalue weighted by Gasteiger charge is 2.28. The molecule has 2 aromatic rings. The Labute approximate surface area is 166 Å². The molecule has 10 nitrogen and oxygen atoms in total. The number of carbonyl (C=O) groups excluding carboxylic acids is 2. The van der Waals surface area contributed by atoms with Crippen molar-refractivity contribution in [3.8, 4) is 11.4 Å². The maximum atomic E-state index is 13.0. The minimum atomic E-state index is -0.721. The first-order valence-corrected chi connectivity index (χ1v) is 9.30. The number of carbonyl (C=O) groups is 2. The van der Waals surface area contributed by atoms with Crippen LogP contribution < -0.4 is 16.0 Å². The molecule has 1 fully saturated rings. The van der Waals surface area contributed by atoms with E-state index in [1.54, 1.807) is 36.1 Å². The van der Waals surface area contributed by atoms with Crippen LogP contribution in [-0.2, 0) is 11.3 Å². The molecule has 0 N–H and O–H groups in total. The molecule has 0 bridgehead atoms. The number of aromatic nitrogens is 3. The van der Waals surface area contributed by atoms with Gasteiger partial charge in [-0.05, 0) is 31.2 Å². The molecule has 0 saturated carbocycles. The highest BCUT2D eigenvalue weighted by Crippen LogP contribution is 2.13. The Morgan fingerprint density at radius 2 is 1.62 bits per heavy atom. The van der Waals surface area contributed by atoms with Gasteiger partial charge in [0.2, 0.25) is 11.6 Å². The molecule has 1 aliphatic rings. The van der Waals surface area contributed by atoms with Crippen LogP contribution in [0.15, 0.2) is 33.9 Å². The van der Waals surface area contributed by atoms with Crippen LogP contribution in [0.25, 0.3) is 5.69 Å². The van der Waals surface area contributed by atoms with Gasteiger partial charge in [-0.2, -0.15) is 9.78 Å². The molecule has 1 saturated heterocycles. The normalized spacial score (nSPS) is 14.0. The number of rotatable bonds is 4. The van der Waals surface area contributed by atoms with Crippen molar-refractivity contribution in [1.29, 1.82) is 0 Å². The maximum Gasteiger partial charge on any atom is 0.352 e. The summed E-state index contributed by atoms with van der Waals surface area (Å²) in [4.78, 5) is 53.0. The molecule has 2 heterocycles. The van der Waals surface area contributed by atoms with Crippen molar-refractivity contribution in [3.63, 3.8) is 0 Å². The van der Waals surface area contributed by atoms with E-state index in [4.69, 9.17) is 4.74 Å². The van der Waals surface area contributed by atoms with Gasteiger partial charge >= 0.3 is 5.69 Å². The van der Waals surface area contributed by atoms with Crippen LogP contribution in [0.5, 0.6) is 5.75 Å². The fraction of sp³-hybridized carbons (Fsp3) is 0.421. The third kappa shape index (κ3) is 3.91. The van der Waals surface area contributed by atoms with Gasteiger partial charge in [-0.1, -0.05) is 0 Å². The van der Waals surface area contributed by atoms with E-state index in [1.165, 1.54) is 18.9 Å². The molecule has 2 amide bonds. The summed E-state index contributed by atoms with van der Waals surface area (Å²) in [6, 6.07) is 6.57. The Hall–Kier alpha value is -3.43. The van der Waals surface area contributed by atoms with Gasteiger partial charge in [0.15, 0.2) is 0 Å². The summed E-state index contributed by atoms with van der Waals surface area (Å²) < 4.78 is 7.14. The second-order valence-electron chi connectivity index (χ2n) is 6.59. The van der Waals surface area contributed by atoms with E-state index in [-0.39, 0.29) is 18.1 Å². The van der Waals surface area contributed by atoms with Crippen molar-refractivity contribution in [1.82, 2.24) is 24.1 Å². The topological polar surface area (TPSA) is 107 Å². The van der Waals surface area contributed by atoms with Gasteiger partial charge < -0.3 is 14.5 Å². The van der Waals surface area contributed by atoms with Crippen LogP contribution >= 0.6 is 0 Å². The minimum absolute atomic E-state index is 0.0587. The number of benzene rings is 1. The second-order valence-corrected chi connectivity index (χ2v) is 6.59. The first kappa shape index (κ1) is 20.3. The van der Waals surface area contributed by atoms with Crippen LogP contribution in [0.2, 0.25) is 0 Å². The lowest BCUT2D eigenvalue weighted by atomic mass is 10.2. The van der Waals surface area contributed by atoms with Crippen LogP contribution in [0.1, 0.15) is 24.3 Å². The van der Waals surface area contributed by atoms with Gasteiger partial charge in [0.25, 0.3) is 11.5 Å². The molecule has 0 spiro atoms. The minimum Gasteiger partial charge on any atom is -0.497 e. The van der Waals surface area contributed by atoms with Gasteiger partial charge in [-0.15, -0.1) is 0 Å². The SMILES string of the molecule is CCn1c(=O)c(C(=O)N2CCN(C(C)=O)CC2)nn(-c2ccc(OC)cc2)c1=O. The third-order valence-electron chi connectivity index (χ3n) is 4.91. The van der Waals surface area contributed by atoms with E-state index in [9.17, 15) is 19.2 Å². The van der Waals surface area contributed by atoms with Gasteiger partial charge in [0.05, 0.1) is 12.8 Å². The summed E-state index contributed by atoms with van der Waals surface area (Å²) in [6.45, 7) is 4.61. The summed E-state index contributed by atoms with van der Waals surface area (Å²) in [5.74, 6) is -0.00969. The van der Waals surface area contributed by atoms with E-state index in [2.05, 4.69) is 5.10 Å².